The van der Waals surface area contributed by atoms with Crippen LogP contribution in [-0.4, -0.2) is 40.8 Å². The van der Waals surface area contributed by atoms with Crippen LogP contribution in [0.5, 0.6) is 0 Å². The first-order valence-corrected chi connectivity index (χ1v) is 8.72. The topological polar surface area (TPSA) is 79.2 Å². The first-order valence-electron chi connectivity index (χ1n) is 8.72. The zero-order valence-electron chi connectivity index (χ0n) is 15.7. The minimum Gasteiger partial charge on any atom is -0.360 e. The second kappa shape index (κ2) is 6.78. The number of H-pyrrole nitrogens is 1. The Morgan fingerprint density at radius 1 is 1.23 bits per heavy atom. The number of benzene rings is 1. The SMILES string of the molecule is CCc1noc(C(C)C)c1-c1[nH]c2ccccc2c1C(=O)C(=O)N(C)C. The number of hydrogen-bond donors (Lipinski definition) is 1. The van der Waals surface area contributed by atoms with Crippen LogP contribution in [0.3, 0.4) is 0 Å². The van der Waals surface area contributed by atoms with Crippen molar-refractivity contribution in [3.63, 3.8) is 0 Å². The van der Waals surface area contributed by atoms with Gasteiger partial charge in [0, 0.05) is 30.9 Å². The van der Waals surface area contributed by atoms with Crippen LogP contribution < -0.4 is 0 Å². The number of aromatic nitrogens is 2. The van der Waals surface area contributed by atoms with Crippen LogP contribution in [0, 0.1) is 0 Å². The zero-order chi connectivity index (χ0) is 19.0. The smallest absolute Gasteiger partial charge is 0.294 e. The third-order valence-corrected chi connectivity index (χ3v) is 4.43. The van der Waals surface area contributed by atoms with Crippen LogP contribution in [-0.2, 0) is 11.2 Å². The molecule has 3 rings (SSSR count). The Bertz CT molecular complexity index is 980. The molecule has 0 aliphatic carbocycles. The van der Waals surface area contributed by atoms with Crippen molar-refractivity contribution < 1.29 is 14.1 Å². The molecule has 0 aliphatic heterocycles. The Kier molecular flexibility index (Phi) is 4.68. The second-order valence-corrected chi connectivity index (χ2v) is 6.83. The number of Topliss-reactive ketones (excluding diaryl/α,β-unsaturated/α-hetero) is 1. The average molecular weight is 353 g/mol. The van der Waals surface area contributed by atoms with Gasteiger partial charge in [0.1, 0.15) is 5.76 Å². The van der Waals surface area contributed by atoms with Gasteiger partial charge in [-0.2, -0.15) is 0 Å². The van der Waals surface area contributed by atoms with Gasteiger partial charge in [-0.25, -0.2) is 0 Å². The molecule has 26 heavy (non-hydrogen) atoms. The van der Waals surface area contributed by atoms with E-state index in [-0.39, 0.29) is 5.92 Å². The van der Waals surface area contributed by atoms with Gasteiger partial charge in [0.2, 0.25) is 0 Å². The predicted octanol–water partition coefficient (Wildman–Crippen LogP) is 3.78. The van der Waals surface area contributed by atoms with Crippen molar-refractivity contribution in [1.82, 2.24) is 15.0 Å². The molecule has 1 aromatic carbocycles. The van der Waals surface area contributed by atoms with Crippen LogP contribution in [0.4, 0.5) is 0 Å². The maximum Gasteiger partial charge on any atom is 0.294 e. The van der Waals surface area contributed by atoms with Crippen LogP contribution >= 0.6 is 0 Å². The highest BCUT2D eigenvalue weighted by Gasteiger charge is 2.30. The lowest BCUT2D eigenvalue weighted by Gasteiger charge is -2.11. The molecule has 1 N–H and O–H groups in total. The van der Waals surface area contributed by atoms with Crippen LogP contribution in [0.25, 0.3) is 22.2 Å². The molecule has 0 saturated heterocycles. The van der Waals surface area contributed by atoms with E-state index < -0.39 is 11.7 Å². The van der Waals surface area contributed by atoms with E-state index in [1.165, 1.54) is 4.90 Å². The van der Waals surface area contributed by atoms with Gasteiger partial charge in [-0.3, -0.25) is 9.59 Å². The van der Waals surface area contributed by atoms with Crippen molar-refractivity contribution in [1.29, 1.82) is 0 Å². The number of aromatic amines is 1. The molecule has 0 bridgehead atoms. The highest BCUT2D eigenvalue weighted by molar-refractivity contribution is 6.46. The van der Waals surface area contributed by atoms with Crippen molar-refractivity contribution in [2.75, 3.05) is 14.1 Å². The number of fused-ring (bicyclic) bond motifs is 1. The zero-order valence-corrected chi connectivity index (χ0v) is 15.7. The third-order valence-electron chi connectivity index (χ3n) is 4.43. The van der Waals surface area contributed by atoms with Gasteiger partial charge < -0.3 is 14.4 Å². The summed E-state index contributed by atoms with van der Waals surface area (Å²) in [7, 11) is 3.15. The molecule has 0 radical (unpaired) electrons. The lowest BCUT2D eigenvalue weighted by atomic mass is 9.96. The summed E-state index contributed by atoms with van der Waals surface area (Å²) in [5.74, 6) is -0.298. The molecule has 3 aromatic rings. The normalized spacial score (nSPS) is 11.3. The van der Waals surface area contributed by atoms with E-state index >= 15 is 0 Å². The molecule has 6 nitrogen and oxygen atoms in total. The van der Waals surface area contributed by atoms with Gasteiger partial charge in [0.25, 0.3) is 11.7 Å². The van der Waals surface area contributed by atoms with Gasteiger partial charge in [0.15, 0.2) is 0 Å². The van der Waals surface area contributed by atoms with E-state index in [4.69, 9.17) is 4.52 Å². The van der Waals surface area contributed by atoms with Crippen molar-refractivity contribution in [3.8, 4) is 11.3 Å². The summed E-state index contributed by atoms with van der Waals surface area (Å²) < 4.78 is 5.56. The number of carbonyl (C=O) groups excluding carboxylic acids is 2. The number of para-hydroxylation sites is 1. The predicted molar refractivity (Wildman–Crippen MR) is 100 cm³/mol. The largest absolute Gasteiger partial charge is 0.360 e. The maximum atomic E-state index is 13.0. The van der Waals surface area contributed by atoms with Crippen LogP contribution in [0.2, 0.25) is 0 Å². The average Bonchev–Trinajstić information content (AvgIpc) is 3.20. The summed E-state index contributed by atoms with van der Waals surface area (Å²) in [6, 6.07) is 7.49. The Morgan fingerprint density at radius 2 is 1.92 bits per heavy atom. The molecule has 0 unspecified atom stereocenters. The summed E-state index contributed by atoms with van der Waals surface area (Å²) in [5.41, 5.74) is 3.34. The summed E-state index contributed by atoms with van der Waals surface area (Å²) in [5, 5.41) is 4.90. The standard InChI is InChI=1S/C20H23N3O3/c1-6-13-16(19(11(2)3)26-22-13)17-15(18(24)20(25)23(4)5)12-9-7-8-10-14(12)21-17/h7-11,21H,6H2,1-5H3. The number of nitrogens with zero attached hydrogens (tertiary/aromatic N) is 2. The van der Waals surface area contributed by atoms with E-state index in [9.17, 15) is 9.59 Å². The molecule has 136 valence electrons. The molecule has 0 saturated carbocycles. The molecule has 6 heteroatoms. The fraction of sp³-hybridized carbons (Fsp3) is 0.350. The van der Waals surface area contributed by atoms with Gasteiger partial charge in [-0.15, -0.1) is 0 Å². The number of aryl methyl sites for hydroxylation is 1. The van der Waals surface area contributed by atoms with Gasteiger partial charge in [0.05, 0.1) is 22.5 Å². The summed E-state index contributed by atoms with van der Waals surface area (Å²) in [6.07, 6.45) is 0.663. The molecule has 1 amide bonds. The fourth-order valence-electron chi connectivity index (χ4n) is 3.12. The van der Waals surface area contributed by atoms with Crippen molar-refractivity contribution in [3.05, 3.63) is 41.3 Å². The summed E-state index contributed by atoms with van der Waals surface area (Å²) in [4.78, 5) is 30.0. The Morgan fingerprint density at radius 3 is 2.54 bits per heavy atom. The van der Waals surface area contributed by atoms with Crippen molar-refractivity contribution in [2.24, 2.45) is 0 Å². The number of carbonyl (C=O) groups is 2. The number of hydrogen-bond acceptors (Lipinski definition) is 4. The number of ketones is 1. The highest BCUT2D eigenvalue weighted by atomic mass is 16.5. The molecule has 0 aliphatic rings. The van der Waals surface area contributed by atoms with E-state index in [1.54, 1.807) is 14.1 Å². The number of rotatable bonds is 5. The number of nitrogens with one attached hydrogen (secondary N) is 1. The Balaban J connectivity index is 2.35. The second-order valence-electron chi connectivity index (χ2n) is 6.83. The maximum absolute atomic E-state index is 13.0. The molecule has 0 fully saturated rings. The van der Waals surface area contributed by atoms with Crippen LogP contribution in [0.1, 0.15) is 48.5 Å². The third kappa shape index (κ3) is 2.81. The molecular weight excluding hydrogens is 330 g/mol. The van der Waals surface area contributed by atoms with E-state index in [0.717, 1.165) is 22.2 Å². The molecule has 2 aromatic heterocycles. The van der Waals surface area contributed by atoms with Gasteiger partial charge >= 0.3 is 0 Å². The summed E-state index contributed by atoms with van der Waals surface area (Å²) in [6.45, 7) is 6.01. The van der Waals surface area contributed by atoms with E-state index in [2.05, 4.69) is 10.1 Å². The molecule has 0 spiro atoms. The first-order chi connectivity index (χ1) is 12.4. The van der Waals surface area contributed by atoms with E-state index in [1.807, 2.05) is 45.0 Å². The minimum atomic E-state index is -0.559. The lowest BCUT2D eigenvalue weighted by Crippen LogP contribution is -2.30. The number of likely N-dealkylation sites (N-methyl/N-ethyl adjacent to an activating group) is 1. The molecular formula is C20H23N3O3. The molecule has 2 heterocycles. The van der Waals surface area contributed by atoms with Crippen LogP contribution in [0.15, 0.2) is 28.8 Å². The highest BCUT2D eigenvalue weighted by Crippen LogP contribution is 2.37. The Hall–Kier alpha value is -2.89. The Labute approximate surface area is 152 Å². The van der Waals surface area contributed by atoms with E-state index in [0.29, 0.717) is 23.4 Å². The monoisotopic (exact) mass is 353 g/mol. The fourth-order valence-corrected chi connectivity index (χ4v) is 3.12. The summed E-state index contributed by atoms with van der Waals surface area (Å²) >= 11 is 0. The lowest BCUT2D eigenvalue weighted by molar-refractivity contribution is -0.124. The van der Waals surface area contributed by atoms with Crippen molar-refractivity contribution in [2.45, 2.75) is 33.1 Å². The minimum absolute atomic E-state index is 0.0942. The van der Waals surface area contributed by atoms with Crippen molar-refractivity contribution >= 4 is 22.6 Å². The van der Waals surface area contributed by atoms with Gasteiger partial charge in [-0.05, 0) is 12.5 Å². The molecule has 0 atom stereocenters. The van der Waals surface area contributed by atoms with Gasteiger partial charge in [-0.1, -0.05) is 44.1 Å². The first kappa shape index (κ1) is 17.9. The quantitative estimate of drug-likeness (QED) is 0.559. The number of amides is 1.